The average molecular weight is 918 g/mol. The third-order valence-corrected chi connectivity index (χ3v) is 12.8. The Labute approximate surface area is 359 Å². The number of carbonyl (C=O) groups is 4. The van der Waals surface area contributed by atoms with Crippen LogP contribution in [0.4, 0.5) is 14.5 Å². The Kier molecular flexibility index (Phi) is 14.6. The standard InChI is InChI=1S/C17H21NO4.C10H9FO4.C7H4BrFO2.C7H13N.C3H4O2/c19-15(20)13-2-1-12(17(21)10-22-11-17)9-14(13)18-7-5-16(3-4-16)6-8-18;11-8-3-6(10(14)4-15-5-10)1-2-7(8)9(12)13;8-4-1-2-5(7(10)11)6(9)3-4;1-2-7(1)3-5-8-6-4-7;4-3-1-5-2-3/h1-2,9,21H,3-8,10-11H2,(H,19,20);1-3,14H,4-5H2,(H,12,13);1-3H,(H,10,11);8H,1-6H2;1-2H2. The number of ether oxygens (including phenoxy) is 3. The molecule has 2 spiro atoms. The van der Waals surface area contributed by atoms with Crippen LogP contribution in [0.3, 0.4) is 0 Å². The molecule has 17 heteroatoms. The minimum Gasteiger partial charge on any atom is -0.478 e. The van der Waals surface area contributed by atoms with Crippen molar-refractivity contribution in [1.29, 1.82) is 0 Å². The van der Waals surface area contributed by atoms with E-state index >= 15 is 0 Å². The van der Waals surface area contributed by atoms with Crippen molar-refractivity contribution in [2.45, 2.75) is 62.6 Å². The van der Waals surface area contributed by atoms with Crippen LogP contribution in [0.5, 0.6) is 0 Å². The number of carboxylic acids is 3. The van der Waals surface area contributed by atoms with E-state index < -0.39 is 46.3 Å². The highest BCUT2D eigenvalue weighted by Gasteiger charge is 2.45. The summed E-state index contributed by atoms with van der Waals surface area (Å²) in [5.41, 5.74) is 0.734. The molecule has 14 nitrogen and oxygen atoms in total. The van der Waals surface area contributed by atoms with E-state index in [-0.39, 0.29) is 37.8 Å². The fraction of sp³-hybridized carbons (Fsp3) is 0.500. The molecule has 61 heavy (non-hydrogen) atoms. The highest BCUT2D eigenvalue weighted by Crippen LogP contribution is 2.54. The minimum atomic E-state index is -1.32. The maximum Gasteiger partial charge on any atom is 0.338 e. The van der Waals surface area contributed by atoms with Crippen LogP contribution in [0.1, 0.15) is 93.6 Å². The number of nitrogens with zero attached hydrogens (tertiary/aromatic N) is 1. The second-order valence-electron chi connectivity index (χ2n) is 16.8. The van der Waals surface area contributed by atoms with E-state index in [4.69, 9.17) is 19.7 Å². The van der Waals surface area contributed by atoms with Crippen LogP contribution in [0.25, 0.3) is 0 Å². The van der Waals surface area contributed by atoms with Crippen molar-refractivity contribution < 1.29 is 67.7 Å². The number of hydrogen-bond acceptors (Lipinski definition) is 11. The zero-order valence-corrected chi connectivity index (χ0v) is 35.2. The molecular formula is C44H51BrF2N2O12. The van der Waals surface area contributed by atoms with Crippen molar-refractivity contribution in [2.24, 2.45) is 10.8 Å². The number of carbonyl (C=O) groups excluding carboxylic acids is 1. The smallest absolute Gasteiger partial charge is 0.338 e. The summed E-state index contributed by atoms with van der Waals surface area (Å²) >= 11 is 3.01. The lowest BCUT2D eigenvalue weighted by molar-refractivity contribution is -0.184. The van der Waals surface area contributed by atoms with E-state index in [2.05, 4.69) is 30.9 Å². The molecule has 0 aromatic heterocycles. The van der Waals surface area contributed by atoms with Crippen molar-refractivity contribution in [3.63, 3.8) is 0 Å². The fourth-order valence-electron chi connectivity index (χ4n) is 7.55. The number of benzene rings is 3. The summed E-state index contributed by atoms with van der Waals surface area (Å²) in [6.07, 6.45) is 10.9. The molecule has 0 bridgehead atoms. The third kappa shape index (κ3) is 11.8. The normalized spacial score (nSPS) is 21.3. The third-order valence-electron chi connectivity index (χ3n) is 12.3. The molecule has 2 aliphatic carbocycles. The van der Waals surface area contributed by atoms with Crippen LogP contribution in [-0.2, 0) is 30.2 Å². The van der Waals surface area contributed by atoms with Crippen LogP contribution in [0, 0.1) is 22.5 Å². The number of carboxylic acid groups (broad SMARTS) is 3. The summed E-state index contributed by atoms with van der Waals surface area (Å²) < 4.78 is 40.9. The van der Waals surface area contributed by atoms with E-state index in [1.807, 2.05) is 6.07 Å². The largest absolute Gasteiger partial charge is 0.478 e. The predicted molar refractivity (Wildman–Crippen MR) is 220 cm³/mol. The van der Waals surface area contributed by atoms with Crippen LogP contribution in [0.2, 0.25) is 0 Å². The van der Waals surface area contributed by atoms with Crippen molar-refractivity contribution >= 4 is 45.3 Å². The minimum absolute atomic E-state index is 0.110. The summed E-state index contributed by atoms with van der Waals surface area (Å²) in [7, 11) is 0. The van der Waals surface area contributed by atoms with Gasteiger partial charge in [-0.05, 0) is 129 Å². The number of ketones is 1. The molecule has 7 aliphatic rings. The van der Waals surface area contributed by atoms with Crippen molar-refractivity contribution in [3.05, 3.63) is 98.5 Å². The highest BCUT2D eigenvalue weighted by molar-refractivity contribution is 9.10. The molecule has 5 heterocycles. The summed E-state index contributed by atoms with van der Waals surface area (Å²) in [5.74, 6) is -4.85. The van der Waals surface area contributed by atoms with Gasteiger partial charge < -0.3 is 50.0 Å². The summed E-state index contributed by atoms with van der Waals surface area (Å²) in [4.78, 5) is 44.3. The number of piperidine rings is 2. The first-order valence-corrected chi connectivity index (χ1v) is 21.0. The maximum absolute atomic E-state index is 13.3. The molecular weight excluding hydrogens is 866 g/mol. The number of Topliss-reactive ketones (excluding diaryl/α,β-unsaturated/α-hetero) is 1. The molecule has 10 rings (SSSR count). The topological polar surface area (TPSA) is 212 Å². The quantitative estimate of drug-likeness (QED) is 0.174. The Hall–Kier alpha value is -4.36. The Morgan fingerprint density at radius 2 is 1.03 bits per heavy atom. The zero-order valence-electron chi connectivity index (χ0n) is 33.6. The summed E-state index contributed by atoms with van der Waals surface area (Å²) in [6.45, 7) is 5.83. The van der Waals surface area contributed by atoms with Gasteiger partial charge >= 0.3 is 17.9 Å². The van der Waals surface area contributed by atoms with Gasteiger partial charge in [-0.15, -0.1) is 0 Å². The maximum atomic E-state index is 13.3. The SMILES string of the molecule is C1CC2(CCN1)CC2.O=C(O)c1ccc(Br)cc1F.O=C(O)c1ccc(C2(O)COC2)cc1F.O=C(O)c1ccc(C2(O)COC2)cc1N1CCC2(CC1)CC2.O=C1COC1. The summed E-state index contributed by atoms with van der Waals surface area (Å²) in [5, 5.41) is 50.1. The first-order chi connectivity index (χ1) is 29.0. The van der Waals surface area contributed by atoms with E-state index in [0.717, 1.165) is 60.8 Å². The number of hydrogen-bond donors (Lipinski definition) is 6. The van der Waals surface area contributed by atoms with Crippen LogP contribution in [-0.4, -0.2) is 115 Å². The number of halogens is 3. The Morgan fingerprint density at radius 1 is 0.607 bits per heavy atom. The van der Waals surface area contributed by atoms with E-state index in [0.29, 0.717) is 34.2 Å². The Bertz CT molecular complexity index is 2080. The molecule has 0 unspecified atom stereocenters. The molecule has 0 radical (unpaired) electrons. The Balaban J connectivity index is 0.000000138. The number of aromatic carboxylic acids is 3. The first kappa shape index (κ1) is 46.2. The van der Waals surface area contributed by atoms with Crippen molar-refractivity contribution in [3.8, 4) is 0 Å². The van der Waals surface area contributed by atoms with Gasteiger partial charge in [0.05, 0.1) is 48.8 Å². The van der Waals surface area contributed by atoms with Gasteiger partial charge in [-0.1, -0.05) is 28.1 Å². The zero-order chi connectivity index (χ0) is 44.0. The molecule has 0 atom stereocenters. The Morgan fingerprint density at radius 3 is 1.39 bits per heavy atom. The molecule has 3 aromatic carbocycles. The van der Waals surface area contributed by atoms with Gasteiger partial charge in [0.2, 0.25) is 0 Å². The van der Waals surface area contributed by atoms with E-state index in [1.165, 1.54) is 69.8 Å². The molecule has 7 fully saturated rings. The molecule has 5 saturated heterocycles. The van der Waals surface area contributed by atoms with Gasteiger partial charge in [0, 0.05) is 17.6 Å². The molecule has 3 aromatic rings. The average Bonchev–Trinajstić information content (AvgIpc) is 4.14. The van der Waals surface area contributed by atoms with Gasteiger partial charge in [0.25, 0.3) is 0 Å². The summed E-state index contributed by atoms with van der Waals surface area (Å²) in [6, 6.07) is 12.5. The molecule has 0 amide bonds. The number of rotatable bonds is 6. The van der Waals surface area contributed by atoms with Gasteiger partial charge in [0.1, 0.15) is 36.1 Å². The van der Waals surface area contributed by atoms with Crippen LogP contribution < -0.4 is 10.2 Å². The van der Waals surface area contributed by atoms with Crippen LogP contribution in [0.15, 0.2) is 59.1 Å². The highest BCUT2D eigenvalue weighted by atomic mass is 79.9. The van der Waals surface area contributed by atoms with E-state index in [9.17, 15) is 43.3 Å². The van der Waals surface area contributed by atoms with Crippen molar-refractivity contribution in [2.75, 3.05) is 70.7 Å². The monoisotopic (exact) mass is 916 g/mol. The van der Waals surface area contributed by atoms with E-state index in [1.54, 1.807) is 12.1 Å². The fourth-order valence-corrected chi connectivity index (χ4v) is 7.88. The van der Waals surface area contributed by atoms with Gasteiger partial charge in [0.15, 0.2) is 5.78 Å². The molecule has 6 N–H and O–H groups in total. The lowest BCUT2D eigenvalue weighted by Gasteiger charge is -2.39. The lowest BCUT2D eigenvalue weighted by atomic mass is 9.89. The number of nitrogens with one attached hydrogen (secondary N) is 1. The van der Waals surface area contributed by atoms with Crippen molar-refractivity contribution in [1.82, 2.24) is 5.32 Å². The molecule has 330 valence electrons. The van der Waals surface area contributed by atoms with Crippen LogP contribution >= 0.6 is 15.9 Å². The van der Waals surface area contributed by atoms with Gasteiger partial charge in [-0.2, -0.15) is 0 Å². The number of anilines is 1. The second kappa shape index (κ2) is 19.4. The van der Waals surface area contributed by atoms with Gasteiger partial charge in [-0.3, -0.25) is 4.79 Å². The molecule has 2 saturated carbocycles. The molecule has 5 aliphatic heterocycles. The second-order valence-corrected chi connectivity index (χ2v) is 17.7. The lowest BCUT2D eigenvalue weighted by Crippen LogP contribution is -2.46. The number of aliphatic hydroxyl groups is 2. The van der Waals surface area contributed by atoms with Gasteiger partial charge in [-0.25, -0.2) is 23.2 Å². The predicted octanol–water partition coefficient (Wildman–Crippen LogP) is 5.75. The first-order valence-electron chi connectivity index (χ1n) is 20.2.